The third kappa shape index (κ3) is 5.46. The summed E-state index contributed by atoms with van der Waals surface area (Å²) in [5, 5.41) is 10.5. The van der Waals surface area contributed by atoms with Crippen LogP contribution in [0.15, 0.2) is 47.0 Å². The SMILES string of the molecule is CNc1nc(-c2cccc(NC(=O)[C@H]3CN(C)C(=O)N3C3CCN(Cc4ccc(Cl)c(C)c4)CC3)c2)no1. The molecule has 11 heteroatoms. The van der Waals surface area contributed by atoms with Crippen molar-refractivity contribution in [3.63, 3.8) is 0 Å². The van der Waals surface area contributed by atoms with E-state index < -0.39 is 6.04 Å². The average molecular weight is 538 g/mol. The number of rotatable bonds is 7. The summed E-state index contributed by atoms with van der Waals surface area (Å²) < 4.78 is 5.11. The number of urea groups is 1. The summed E-state index contributed by atoms with van der Waals surface area (Å²) in [7, 11) is 3.45. The zero-order valence-electron chi connectivity index (χ0n) is 21.8. The van der Waals surface area contributed by atoms with E-state index in [2.05, 4.69) is 37.8 Å². The van der Waals surface area contributed by atoms with E-state index in [1.54, 1.807) is 30.0 Å². The molecular formula is C27H32ClN7O3. The van der Waals surface area contributed by atoms with Crippen LogP contribution in [0.1, 0.15) is 24.0 Å². The van der Waals surface area contributed by atoms with E-state index in [1.165, 1.54) is 5.56 Å². The fourth-order valence-corrected chi connectivity index (χ4v) is 5.32. The van der Waals surface area contributed by atoms with Crippen LogP contribution < -0.4 is 10.6 Å². The monoisotopic (exact) mass is 537 g/mol. The van der Waals surface area contributed by atoms with Gasteiger partial charge in [-0.1, -0.05) is 41.0 Å². The normalized spacial score (nSPS) is 18.7. The number of aryl methyl sites for hydroxylation is 1. The first kappa shape index (κ1) is 26.0. The molecule has 2 aliphatic rings. The van der Waals surface area contributed by atoms with Gasteiger partial charge >= 0.3 is 12.0 Å². The number of likely N-dealkylation sites (N-methyl/N-ethyl adjacent to an activating group) is 1. The van der Waals surface area contributed by atoms with Crippen molar-refractivity contribution in [3.8, 4) is 11.4 Å². The molecule has 0 radical (unpaired) electrons. The second-order valence-electron chi connectivity index (χ2n) is 9.92. The molecule has 0 unspecified atom stereocenters. The molecule has 2 fully saturated rings. The van der Waals surface area contributed by atoms with Gasteiger partial charge in [-0.15, -0.1) is 0 Å². The van der Waals surface area contributed by atoms with Gasteiger partial charge in [-0.3, -0.25) is 9.69 Å². The molecule has 2 saturated heterocycles. The van der Waals surface area contributed by atoms with E-state index in [9.17, 15) is 9.59 Å². The summed E-state index contributed by atoms with van der Waals surface area (Å²) in [6, 6.07) is 13.1. The molecule has 2 N–H and O–H groups in total. The average Bonchev–Trinajstić information content (AvgIpc) is 3.52. The number of likely N-dealkylation sites (tertiary alicyclic amines) is 1. The minimum atomic E-state index is -0.562. The maximum absolute atomic E-state index is 13.4. The van der Waals surface area contributed by atoms with Crippen molar-refractivity contribution in [3.05, 3.63) is 58.6 Å². The first-order valence-electron chi connectivity index (χ1n) is 12.8. The Balaban J connectivity index is 1.23. The second kappa shape index (κ2) is 11.0. The number of aromatic nitrogens is 2. The highest BCUT2D eigenvalue weighted by Crippen LogP contribution is 2.28. The minimum absolute atomic E-state index is 0.0111. The largest absolute Gasteiger partial charge is 0.341 e. The summed E-state index contributed by atoms with van der Waals surface area (Å²) in [6.45, 7) is 4.92. The summed E-state index contributed by atoms with van der Waals surface area (Å²) in [4.78, 5) is 36.6. The van der Waals surface area contributed by atoms with Gasteiger partial charge in [0.25, 0.3) is 0 Å². The van der Waals surface area contributed by atoms with Crippen LogP contribution in [0.3, 0.4) is 0 Å². The highest BCUT2D eigenvalue weighted by atomic mass is 35.5. The molecule has 0 bridgehead atoms. The molecule has 38 heavy (non-hydrogen) atoms. The van der Waals surface area contributed by atoms with Crippen LogP contribution in [-0.2, 0) is 11.3 Å². The van der Waals surface area contributed by atoms with Crippen molar-refractivity contribution >= 4 is 35.2 Å². The molecule has 0 saturated carbocycles. The van der Waals surface area contributed by atoms with Crippen molar-refractivity contribution in [2.45, 2.75) is 38.4 Å². The van der Waals surface area contributed by atoms with Crippen molar-refractivity contribution in [1.82, 2.24) is 24.8 Å². The van der Waals surface area contributed by atoms with Gasteiger partial charge in [0.15, 0.2) is 0 Å². The lowest BCUT2D eigenvalue weighted by atomic mass is 10.0. The van der Waals surface area contributed by atoms with Crippen LogP contribution in [0.25, 0.3) is 11.4 Å². The van der Waals surface area contributed by atoms with Crippen molar-refractivity contribution in [1.29, 1.82) is 0 Å². The minimum Gasteiger partial charge on any atom is -0.341 e. The Morgan fingerprint density at radius 1 is 1.18 bits per heavy atom. The molecule has 5 rings (SSSR count). The highest BCUT2D eigenvalue weighted by Gasteiger charge is 2.44. The third-order valence-electron chi connectivity index (χ3n) is 7.24. The maximum atomic E-state index is 13.4. The Labute approximate surface area is 226 Å². The van der Waals surface area contributed by atoms with Gasteiger partial charge in [0.2, 0.25) is 11.7 Å². The lowest BCUT2D eigenvalue weighted by molar-refractivity contribution is -0.120. The Bertz CT molecular complexity index is 1320. The summed E-state index contributed by atoms with van der Waals surface area (Å²) in [5.74, 6) is 0.214. The van der Waals surface area contributed by atoms with Gasteiger partial charge in [0.05, 0.1) is 6.54 Å². The van der Waals surface area contributed by atoms with E-state index in [4.69, 9.17) is 16.1 Å². The Morgan fingerprint density at radius 3 is 2.68 bits per heavy atom. The zero-order chi connectivity index (χ0) is 26.8. The number of carbonyl (C=O) groups is 2. The van der Waals surface area contributed by atoms with Crippen LogP contribution in [0.5, 0.6) is 0 Å². The number of hydrogen-bond donors (Lipinski definition) is 2. The number of anilines is 2. The molecule has 1 aromatic heterocycles. The lowest BCUT2D eigenvalue weighted by Crippen LogP contribution is -2.52. The van der Waals surface area contributed by atoms with Crippen molar-refractivity contribution in [2.24, 2.45) is 0 Å². The van der Waals surface area contributed by atoms with Crippen LogP contribution in [-0.4, -0.2) is 82.6 Å². The summed E-state index contributed by atoms with van der Waals surface area (Å²) in [5.41, 5.74) is 3.63. The van der Waals surface area contributed by atoms with Gasteiger partial charge in [-0.05, 0) is 49.1 Å². The van der Waals surface area contributed by atoms with E-state index in [0.717, 1.165) is 43.1 Å². The standard InChI is InChI=1S/C27H32ClN7O3/c1-17-13-18(7-8-22(17)28)15-34-11-9-21(10-12-34)35-23(16-33(3)27(35)37)25(36)30-20-6-4-5-19(14-20)24-31-26(29-2)38-32-24/h4-8,13-14,21,23H,9-12,15-16H2,1-3H3,(H,30,36)(H,29,31,32)/t23-/m1/s1. The second-order valence-corrected chi connectivity index (χ2v) is 10.3. The molecule has 2 aromatic carbocycles. The Morgan fingerprint density at radius 2 is 1.97 bits per heavy atom. The van der Waals surface area contributed by atoms with E-state index >= 15 is 0 Å². The number of halogens is 1. The van der Waals surface area contributed by atoms with Crippen molar-refractivity contribution in [2.75, 3.05) is 44.4 Å². The molecule has 3 amide bonds. The van der Waals surface area contributed by atoms with Gasteiger partial charge in [-0.25, -0.2) is 4.79 Å². The number of hydrogen-bond acceptors (Lipinski definition) is 7. The molecule has 3 aromatic rings. The van der Waals surface area contributed by atoms with Gasteiger partial charge in [-0.2, -0.15) is 4.98 Å². The zero-order valence-corrected chi connectivity index (χ0v) is 22.5. The molecule has 0 aliphatic carbocycles. The number of carbonyl (C=O) groups excluding carboxylic acids is 2. The quantitative estimate of drug-likeness (QED) is 0.467. The summed E-state index contributed by atoms with van der Waals surface area (Å²) >= 11 is 6.17. The topological polar surface area (TPSA) is 107 Å². The predicted molar refractivity (Wildman–Crippen MR) is 146 cm³/mol. The van der Waals surface area contributed by atoms with E-state index in [1.807, 2.05) is 31.2 Å². The fraction of sp³-hybridized carbons (Fsp3) is 0.407. The smallest absolute Gasteiger partial charge is 0.321 e. The Kier molecular flexibility index (Phi) is 7.53. The molecule has 10 nitrogen and oxygen atoms in total. The van der Waals surface area contributed by atoms with Crippen LogP contribution in [0.4, 0.5) is 16.5 Å². The molecule has 0 spiro atoms. The fourth-order valence-electron chi connectivity index (χ4n) is 5.20. The van der Waals surface area contributed by atoms with Crippen molar-refractivity contribution < 1.29 is 14.1 Å². The number of benzene rings is 2. The number of nitrogens with one attached hydrogen (secondary N) is 2. The summed E-state index contributed by atoms with van der Waals surface area (Å²) in [6.07, 6.45) is 1.63. The molecular weight excluding hydrogens is 506 g/mol. The first-order chi connectivity index (χ1) is 18.3. The molecule has 3 heterocycles. The number of piperidine rings is 1. The van der Waals surface area contributed by atoms with Gasteiger partial charge in [0, 0.05) is 56.0 Å². The predicted octanol–water partition coefficient (Wildman–Crippen LogP) is 4.08. The molecule has 200 valence electrons. The van der Waals surface area contributed by atoms with Gasteiger partial charge in [0.1, 0.15) is 6.04 Å². The number of amides is 3. The third-order valence-corrected chi connectivity index (χ3v) is 7.66. The first-order valence-corrected chi connectivity index (χ1v) is 13.1. The highest BCUT2D eigenvalue weighted by molar-refractivity contribution is 6.31. The van der Waals surface area contributed by atoms with Gasteiger partial charge < -0.3 is 25.0 Å². The van der Waals surface area contributed by atoms with E-state index in [0.29, 0.717) is 29.6 Å². The van der Waals surface area contributed by atoms with Crippen LogP contribution in [0.2, 0.25) is 5.02 Å². The Hall–Kier alpha value is -3.63. The number of nitrogens with zero attached hydrogens (tertiary/aromatic N) is 5. The van der Waals surface area contributed by atoms with Crippen LogP contribution in [0, 0.1) is 6.92 Å². The van der Waals surface area contributed by atoms with E-state index in [-0.39, 0.29) is 18.0 Å². The maximum Gasteiger partial charge on any atom is 0.321 e. The molecule has 2 aliphatic heterocycles. The van der Waals surface area contributed by atoms with Crippen LogP contribution >= 0.6 is 11.6 Å². The lowest BCUT2D eigenvalue weighted by Gasteiger charge is -2.38. The molecule has 1 atom stereocenters.